The van der Waals surface area contributed by atoms with E-state index in [1.165, 1.54) is 29.3 Å². The van der Waals surface area contributed by atoms with Gasteiger partial charge in [-0.15, -0.1) is 0 Å². The number of anilines is 2. The van der Waals surface area contributed by atoms with Crippen LogP contribution in [0.5, 0.6) is 0 Å². The second-order valence-corrected chi connectivity index (χ2v) is 8.47. The highest BCUT2D eigenvalue weighted by molar-refractivity contribution is 5.81. The predicted molar refractivity (Wildman–Crippen MR) is 122 cm³/mol. The van der Waals surface area contributed by atoms with Gasteiger partial charge in [0.25, 0.3) is 0 Å². The summed E-state index contributed by atoms with van der Waals surface area (Å²) in [5.41, 5.74) is 4.51. The quantitative estimate of drug-likeness (QED) is 0.532. The lowest BCUT2D eigenvalue weighted by atomic mass is 10.1. The Morgan fingerprint density at radius 2 is 1.73 bits per heavy atom. The van der Waals surface area contributed by atoms with E-state index in [4.69, 9.17) is 9.97 Å². The van der Waals surface area contributed by atoms with Crippen molar-refractivity contribution in [1.82, 2.24) is 19.9 Å². The summed E-state index contributed by atoms with van der Waals surface area (Å²) in [5.74, 6) is 1.95. The zero-order chi connectivity index (χ0) is 19.9. The van der Waals surface area contributed by atoms with Crippen molar-refractivity contribution >= 4 is 33.6 Å². The molecule has 0 atom stereocenters. The Bertz CT molecular complexity index is 1190. The average Bonchev–Trinajstić information content (AvgIpc) is 3.47. The number of piperazine rings is 1. The molecule has 2 aliphatic rings. The van der Waals surface area contributed by atoms with Gasteiger partial charge >= 0.3 is 0 Å². The minimum atomic E-state index is 0.559. The van der Waals surface area contributed by atoms with E-state index in [0.717, 1.165) is 55.4 Å². The van der Waals surface area contributed by atoms with Gasteiger partial charge in [-0.2, -0.15) is 0 Å². The molecule has 0 spiro atoms. The second-order valence-electron chi connectivity index (χ2n) is 8.47. The maximum atomic E-state index is 5.00. The number of hydrogen-bond donors (Lipinski definition) is 2. The third kappa shape index (κ3) is 3.48. The molecule has 3 heterocycles. The van der Waals surface area contributed by atoms with Gasteiger partial charge in [0, 0.05) is 50.5 Å². The topological polar surface area (TPSA) is 60.1 Å². The number of rotatable bonds is 5. The van der Waals surface area contributed by atoms with E-state index >= 15 is 0 Å². The number of H-pyrrole nitrogens is 1. The van der Waals surface area contributed by atoms with E-state index in [-0.39, 0.29) is 0 Å². The molecule has 2 N–H and O–H groups in total. The molecular formula is C24H26N6. The molecule has 1 saturated carbocycles. The highest BCUT2D eigenvalue weighted by atomic mass is 15.3. The number of fused-ring (bicyclic) bond motifs is 2. The minimum Gasteiger partial charge on any atom is -0.364 e. The normalized spacial score (nSPS) is 17.7. The molecule has 30 heavy (non-hydrogen) atoms. The third-order valence-corrected chi connectivity index (χ3v) is 6.17. The fourth-order valence-electron chi connectivity index (χ4n) is 4.30. The minimum absolute atomic E-state index is 0.559. The largest absolute Gasteiger partial charge is 0.364 e. The Kier molecular flexibility index (Phi) is 4.30. The van der Waals surface area contributed by atoms with E-state index in [2.05, 4.69) is 50.4 Å². The van der Waals surface area contributed by atoms with Crippen molar-refractivity contribution in [3.8, 4) is 0 Å². The van der Waals surface area contributed by atoms with Gasteiger partial charge < -0.3 is 15.2 Å². The summed E-state index contributed by atoms with van der Waals surface area (Å²) < 4.78 is 0. The summed E-state index contributed by atoms with van der Waals surface area (Å²) in [4.78, 5) is 18.2. The Balaban J connectivity index is 1.19. The maximum Gasteiger partial charge on any atom is 0.172 e. The molecule has 152 valence electrons. The van der Waals surface area contributed by atoms with Gasteiger partial charge in [-0.05, 0) is 48.1 Å². The molecule has 0 radical (unpaired) electrons. The molecule has 6 heteroatoms. The molecule has 2 aromatic heterocycles. The maximum absolute atomic E-state index is 5.00. The number of hydrogen-bond acceptors (Lipinski definition) is 5. The van der Waals surface area contributed by atoms with Gasteiger partial charge in [-0.3, -0.25) is 4.90 Å². The molecule has 0 unspecified atom stereocenters. The first-order valence-corrected chi connectivity index (χ1v) is 10.9. The summed E-state index contributed by atoms with van der Waals surface area (Å²) in [6, 6.07) is 17.6. The summed E-state index contributed by atoms with van der Waals surface area (Å²) >= 11 is 0. The van der Waals surface area contributed by atoms with Crippen molar-refractivity contribution in [3.05, 3.63) is 60.3 Å². The predicted octanol–water partition coefficient (Wildman–Crippen LogP) is 4.01. The van der Waals surface area contributed by atoms with E-state index in [9.17, 15) is 0 Å². The van der Waals surface area contributed by atoms with Gasteiger partial charge in [0.1, 0.15) is 0 Å². The first kappa shape index (κ1) is 17.7. The number of aromatic amines is 1. The summed E-state index contributed by atoms with van der Waals surface area (Å²) in [7, 11) is 0. The lowest BCUT2D eigenvalue weighted by Gasteiger charge is -2.36. The fourth-order valence-corrected chi connectivity index (χ4v) is 4.30. The van der Waals surface area contributed by atoms with Crippen molar-refractivity contribution in [2.45, 2.75) is 25.4 Å². The smallest absolute Gasteiger partial charge is 0.172 e. The monoisotopic (exact) mass is 398 g/mol. The standard InChI is InChI=1S/C24H26N6/c1-2-4-21-20(3-1)27-23(26-19-7-8-19)24(28-21)30-13-11-29(12-14-30)16-17-5-6-18-9-10-25-22(18)15-17/h1-6,9-10,15,19,25H,7-8,11-14,16H2,(H,26,27). The number of aromatic nitrogens is 3. The molecule has 1 aliphatic carbocycles. The van der Waals surface area contributed by atoms with Gasteiger partial charge in [-0.1, -0.05) is 24.3 Å². The van der Waals surface area contributed by atoms with Gasteiger partial charge in [0.15, 0.2) is 11.6 Å². The Morgan fingerprint density at radius 1 is 0.933 bits per heavy atom. The third-order valence-electron chi connectivity index (χ3n) is 6.17. The molecular weight excluding hydrogens is 372 g/mol. The van der Waals surface area contributed by atoms with Crippen LogP contribution in [0.1, 0.15) is 18.4 Å². The first-order chi connectivity index (χ1) is 14.8. The molecule has 2 aromatic carbocycles. The lowest BCUT2D eigenvalue weighted by Crippen LogP contribution is -2.46. The SMILES string of the molecule is c1ccc2nc(N3CCN(Cc4ccc5cc[nH]c5c4)CC3)c(NC3CC3)nc2c1. The second kappa shape index (κ2) is 7.29. The Morgan fingerprint density at radius 3 is 2.53 bits per heavy atom. The average molecular weight is 399 g/mol. The van der Waals surface area contributed by atoms with Crippen molar-refractivity contribution in [2.24, 2.45) is 0 Å². The van der Waals surface area contributed by atoms with Crippen LogP contribution in [-0.4, -0.2) is 52.1 Å². The Labute approximate surface area is 175 Å². The van der Waals surface area contributed by atoms with Crippen LogP contribution in [0.3, 0.4) is 0 Å². The number of benzene rings is 2. The van der Waals surface area contributed by atoms with Gasteiger partial charge in [-0.25, -0.2) is 9.97 Å². The molecule has 0 amide bonds. The number of para-hydroxylation sites is 2. The van der Waals surface area contributed by atoms with Crippen molar-refractivity contribution in [1.29, 1.82) is 0 Å². The molecule has 4 aromatic rings. The lowest BCUT2D eigenvalue weighted by molar-refractivity contribution is 0.249. The van der Waals surface area contributed by atoms with Crippen LogP contribution < -0.4 is 10.2 Å². The highest BCUT2D eigenvalue weighted by Crippen LogP contribution is 2.31. The molecule has 2 fully saturated rings. The highest BCUT2D eigenvalue weighted by Gasteiger charge is 2.26. The zero-order valence-electron chi connectivity index (χ0n) is 17.0. The van der Waals surface area contributed by atoms with E-state index < -0.39 is 0 Å². The summed E-state index contributed by atoms with van der Waals surface area (Å²) in [5, 5.41) is 4.88. The van der Waals surface area contributed by atoms with E-state index in [0.29, 0.717) is 6.04 Å². The van der Waals surface area contributed by atoms with Gasteiger partial charge in [0.2, 0.25) is 0 Å². The van der Waals surface area contributed by atoms with Crippen LogP contribution >= 0.6 is 0 Å². The molecule has 1 saturated heterocycles. The summed E-state index contributed by atoms with van der Waals surface area (Å²) in [6.45, 7) is 4.98. The van der Waals surface area contributed by atoms with Crippen LogP contribution in [0.15, 0.2) is 54.7 Å². The van der Waals surface area contributed by atoms with Crippen LogP contribution in [0.4, 0.5) is 11.6 Å². The number of nitrogens with zero attached hydrogens (tertiary/aromatic N) is 4. The fraction of sp³-hybridized carbons (Fsp3) is 0.333. The van der Waals surface area contributed by atoms with E-state index in [1.807, 2.05) is 24.4 Å². The first-order valence-electron chi connectivity index (χ1n) is 10.9. The van der Waals surface area contributed by atoms with Crippen LogP contribution in [0, 0.1) is 0 Å². The van der Waals surface area contributed by atoms with Crippen molar-refractivity contribution in [3.63, 3.8) is 0 Å². The van der Waals surface area contributed by atoms with Crippen molar-refractivity contribution in [2.75, 3.05) is 36.4 Å². The van der Waals surface area contributed by atoms with Crippen LogP contribution in [0.25, 0.3) is 21.9 Å². The summed E-state index contributed by atoms with van der Waals surface area (Å²) in [6.07, 6.45) is 4.46. The van der Waals surface area contributed by atoms with Crippen LogP contribution in [-0.2, 0) is 6.54 Å². The molecule has 6 nitrogen and oxygen atoms in total. The van der Waals surface area contributed by atoms with Gasteiger partial charge in [0.05, 0.1) is 11.0 Å². The molecule has 0 bridgehead atoms. The van der Waals surface area contributed by atoms with E-state index in [1.54, 1.807) is 0 Å². The van der Waals surface area contributed by atoms with Crippen molar-refractivity contribution < 1.29 is 0 Å². The Hall–Kier alpha value is -3.12. The number of nitrogens with one attached hydrogen (secondary N) is 2. The van der Waals surface area contributed by atoms with Crippen LogP contribution in [0.2, 0.25) is 0 Å². The zero-order valence-corrected chi connectivity index (χ0v) is 17.0. The molecule has 6 rings (SSSR count). The molecule has 1 aliphatic heterocycles.